The molecule has 2 nitrogen and oxygen atoms in total. The molecule has 1 atom stereocenters. The van der Waals surface area contributed by atoms with E-state index in [0.29, 0.717) is 0 Å². The molecule has 0 fully saturated rings. The molecule has 0 radical (unpaired) electrons. The van der Waals surface area contributed by atoms with Crippen molar-refractivity contribution in [1.29, 1.82) is 0 Å². The van der Waals surface area contributed by atoms with Gasteiger partial charge in [0.1, 0.15) is 0 Å². The molecule has 0 saturated carbocycles. The first-order valence-electron chi connectivity index (χ1n) is 5.27. The van der Waals surface area contributed by atoms with Gasteiger partial charge in [0, 0.05) is 0 Å². The van der Waals surface area contributed by atoms with Crippen LogP contribution in [0.25, 0.3) is 0 Å². The highest BCUT2D eigenvalue weighted by molar-refractivity contribution is 7.11. The van der Waals surface area contributed by atoms with Crippen molar-refractivity contribution in [2.75, 3.05) is 0 Å². The molecule has 1 aromatic rings. The van der Waals surface area contributed by atoms with Gasteiger partial charge in [-0.2, -0.15) is 0 Å². The zero-order valence-corrected chi connectivity index (χ0v) is 10.0. The van der Waals surface area contributed by atoms with Gasteiger partial charge in [-0.3, -0.25) is 0 Å². The minimum Gasteiger partial charge on any atom is -0.388 e. The summed E-state index contributed by atoms with van der Waals surface area (Å²) in [4.78, 5) is 5.37. The predicted molar refractivity (Wildman–Crippen MR) is 60.7 cm³/mol. The second-order valence-electron chi connectivity index (χ2n) is 3.69. The van der Waals surface area contributed by atoms with Crippen LogP contribution < -0.4 is 0 Å². The van der Waals surface area contributed by atoms with Crippen LogP contribution in [0, 0.1) is 13.8 Å². The van der Waals surface area contributed by atoms with Gasteiger partial charge in [-0.25, -0.2) is 4.98 Å². The average molecular weight is 213 g/mol. The zero-order valence-electron chi connectivity index (χ0n) is 9.21. The Kier molecular flexibility index (Phi) is 4.55. The number of thiazole rings is 1. The lowest BCUT2D eigenvalue weighted by molar-refractivity contribution is 0.166. The fourth-order valence-electron chi connectivity index (χ4n) is 1.57. The number of nitrogens with zero attached hydrogens (tertiary/aromatic N) is 1. The summed E-state index contributed by atoms with van der Waals surface area (Å²) in [6, 6.07) is 0. The summed E-state index contributed by atoms with van der Waals surface area (Å²) in [7, 11) is 0. The molecule has 1 rings (SSSR count). The lowest BCUT2D eigenvalue weighted by atomic mass is 10.1. The second-order valence-corrected chi connectivity index (χ2v) is 4.93. The minimum absolute atomic E-state index is 0.298. The summed E-state index contributed by atoms with van der Waals surface area (Å²) >= 11 is 1.62. The first kappa shape index (κ1) is 11.7. The van der Waals surface area contributed by atoms with Crippen molar-refractivity contribution in [3.8, 4) is 0 Å². The summed E-state index contributed by atoms with van der Waals surface area (Å²) in [6.07, 6.45) is 4.08. The molecule has 0 aliphatic heterocycles. The smallest absolute Gasteiger partial charge is 0.0901 e. The largest absolute Gasteiger partial charge is 0.388 e. The number of aliphatic hydroxyl groups is 1. The third-order valence-electron chi connectivity index (χ3n) is 2.32. The van der Waals surface area contributed by atoms with E-state index in [1.807, 2.05) is 13.8 Å². The van der Waals surface area contributed by atoms with E-state index in [2.05, 4.69) is 11.9 Å². The van der Waals surface area contributed by atoms with Gasteiger partial charge in [-0.05, 0) is 20.3 Å². The van der Waals surface area contributed by atoms with Gasteiger partial charge in [0.2, 0.25) is 0 Å². The summed E-state index contributed by atoms with van der Waals surface area (Å²) in [5.74, 6) is 0. The SMILES string of the molecule is CCCCCC(O)c1sc(C)nc1C. The lowest BCUT2D eigenvalue weighted by Gasteiger charge is -2.08. The molecule has 0 aliphatic rings. The van der Waals surface area contributed by atoms with Gasteiger partial charge >= 0.3 is 0 Å². The summed E-state index contributed by atoms with van der Waals surface area (Å²) < 4.78 is 0. The molecular formula is C11H19NOS. The van der Waals surface area contributed by atoms with Crippen LogP contribution in [-0.4, -0.2) is 10.1 Å². The molecule has 0 aliphatic carbocycles. The fourth-order valence-corrected chi connectivity index (χ4v) is 2.52. The molecule has 80 valence electrons. The minimum atomic E-state index is -0.298. The molecule has 1 N–H and O–H groups in total. The quantitative estimate of drug-likeness (QED) is 0.761. The third-order valence-corrected chi connectivity index (χ3v) is 3.50. The van der Waals surface area contributed by atoms with Crippen molar-refractivity contribution in [3.63, 3.8) is 0 Å². The highest BCUT2D eigenvalue weighted by atomic mass is 32.1. The fraction of sp³-hybridized carbons (Fsp3) is 0.727. The van der Waals surface area contributed by atoms with Gasteiger partial charge < -0.3 is 5.11 Å². The maximum Gasteiger partial charge on any atom is 0.0901 e. The van der Waals surface area contributed by atoms with Crippen molar-refractivity contribution < 1.29 is 5.11 Å². The Morgan fingerprint density at radius 3 is 2.57 bits per heavy atom. The monoisotopic (exact) mass is 213 g/mol. The van der Waals surface area contributed by atoms with Crippen LogP contribution in [0.1, 0.15) is 54.3 Å². The number of hydrogen-bond acceptors (Lipinski definition) is 3. The number of hydrogen-bond donors (Lipinski definition) is 1. The van der Waals surface area contributed by atoms with E-state index in [4.69, 9.17) is 0 Å². The Morgan fingerprint density at radius 1 is 1.36 bits per heavy atom. The predicted octanol–water partition coefficient (Wildman–Crippen LogP) is 3.37. The van der Waals surface area contributed by atoms with Crippen LogP contribution in [0.5, 0.6) is 0 Å². The maximum absolute atomic E-state index is 9.91. The molecule has 0 amide bonds. The van der Waals surface area contributed by atoms with Crippen molar-refractivity contribution in [2.45, 2.75) is 52.6 Å². The summed E-state index contributed by atoms with van der Waals surface area (Å²) in [5.41, 5.74) is 0.997. The van der Waals surface area contributed by atoms with Crippen molar-refractivity contribution in [2.24, 2.45) is 0 Å². The topological polar surface area (TPSA) is 33.1 Å². The average Bonchev–Trinajstić information content (AvgIpc) is 2.45. The number of unbranched alkanes of at least 4 members (excludes halogenated alkanes) is 2. The summed E-state index contributed by atoms with van der Waals surface area (Å²) in [5, 5.41) is 11.0. The van der Waals surface area contributed by atoms with E-state index in [-0.39, 0.29) is 6.10 Å². The van der Waals surface area contributed by atoms with E-state index in [1.165, 1.54) is 12.8 Å². The zero-order chi connectivity index (χ0) is 10.6. The highest BCUT2D eigenvalue weighted by Crippen LogP contribution is 2.28. The Hall–Kier alpha value is -0.410. The Morgan fingerprint density at radius 2 is 2.07 bits per heavy atom. The van der Waals surface area contributed by atoms with Crippen LogP contribution in [0.2, 0.25) is 0 Å². The molecule has 1 heterocycles. The van der Waals surface area contributed by atoms with Crippen molar-refractivity contribution in [1.82, 2.24) is 4.98 Å². The molecule has 0 bridgehead atoms. The van der Waals surface area contributed by atoms with Crippen LogP contribution in [0.4, 0.5) is 0 Å². The molecule has 0 saturated heterocycles. The molecule has 14 heavy (non-hydrogen) atoms. The van der Waals surface area contributed by atoms with E-state index in [0.717, 1.165) is 28.4 Å². The molecule has 1 unspecified atom stereocenters. The van der Waals surface area contributed by atoms with E-state index >= 15 is 0 Å². The van der Waals surface area contributed by atoms with Crippen molar-refractivity contribution in [3.05, 3.63) is 15.6 Å². The molecule has 0 spiro atoms. The van der Waals surface area contributed by atoms with Crippen LogP contribution >= 0.6 is 11.3 Å². The summed E-state index contributed by atoms with van der Waals surface area (Å²) in [6.45, 7) is 6.14. The second kappa shape index (κ2) is 5.47. The normalized spacial score (nSPS) is 13.1. The van der Waals surface area contributed by atoms with Gasteiger partial charge in [0.05, 0.1) is 21.7 Å². The number of rotatable bonds is 5. The van der Waals surface area contributed by atoms with Crippen LogP contribution in [0.15, 0.2) is 0 Å². The van der Waals surface area contributed by atoms with Gasteiger partial charge in [-0.1, -0.05) is 26.2 Å². The maximum atomic E-state index is 9.91. The molecule has 0 aromatic carbocycles. The van der Waals surface area contributed by atoms with Crippen LogP contribution in [0.3, 0.4) is 0 Å². The first-order valence-corrected chi connectivity index (χ1v) is 6.08. The number of aliphatic hydroxyl groups excluding tert-OH is 1. The standard InChI is InChI=1S/C11H19NOS/c1-4-5-6-7-10(13)11-8(2)12-9(3)14-11/h10,13H,4-7H2,1-3H3. The highest BCUT2D eigenvalue weighted by Gasteiger charge is 2.13. The molecule has 1 aromatic heterocycles. The van der Waals surface area contributed by atoms with E-state index in [9.17, 15) is 5.11 Å². The Balaban J connectivity index is 2.51. The van der Waals surface area contributed by atoms with Gasteiger partial charge in [0.25, 0.3) is 0 Å². The molecule has 3 heteroatoms. The number of aromatic nitrogens is 1. The number of aryl methyl sites for hydroxylation is 2. The Bertz CT molecular complexity index is 283. The first-order chi connectivity index (χ1) is 6.65. The lowest BCUT2D eigenvalue weighted by Crippen LogP contribution is -1.96. The van der Waals surface area contributed by atoms with E-state index in [1.54, 1.807) is 11.3 Å². The third kappa shape index (κ3) is 3.07. The van der Waals surface area contributed by atoms with Crippen molar-refractivity contribution >= 4 is 11.3 Å². The van der Waals surface area contributed by atoms with Gasteiger partial charge in [0.15, 0.2) is 0 Å². The van der Waals surface area contributed by atoms with E-state index < -0.39 is 0 Å². The van der Waals surface area contributed by atoms with Crippen LogP contribution in [-0.2, 0) is 0 Å². The van der Waals surface area contributed by atoms with Gasteiger partial charge in [-0.15, -0.1) is 11.3 Å². The Labute approximate surface area is 90.0 Å². The molecular weight excluding hydrogens is 194 g/mol.